The summed E-state index contributed by atoms with van der Waals surface area (Å²) in [5.74, 6) is 0. The molecule has 0 aliphatic heterocycles. The van der Waals surface area contributed by atoms with E-state index in [9.17, 15) is 4.79 Å². The van der Waals surface area contributed by atoms with Crippen molar-refractivity contribution in [2.75, 3.05) is 45.2 Å². The van der Waals surface area contributed by atoms with Crippen LogP contribution in [-0.2, 0) is 11.3 Å². The Morgan fingerprint density at radius 1 is 1.45 bits per heavy atom. The van der Waals surface area contributed by atoms with Crippen LogP contribution in [0.15, 0.2) is 15.5 Å². The summed E-state index contributed by atoms with van der Waals surface area (Å²) in [7, 11) is 1.60. The molecule has 1 aromatic heterocycles. The molecule has 114 valence electrons. The molecule has 1 rings (SSSR count). The van der Waals surface area contributed by atoms with Gasteiger partial charge in [0.05, 0.1) is 25.0 Å². The second-order valence-electron chi connectivity index (χ2n) is 4.35. The Bertz CT molecular complexity index is 460. The van der Waals surface area contributed by atoms with Gasteiger partial charge in [-0.2, -0.15) is 5.10 Å². The van der Waals surface area contributed by atoms with Gasteiger partial charge in [-0.3, -0.25) is 4.79 Å². The molecule has 1 aromatic rings. The van der Waals surface area contributed by atoms with Gasteiger partial charge in [-0.25, -0.2) is 4.68 Å². The molecule has 0 aliphatic rings. The van der Waals surface area contributed by atoms with Crippen LogP contribution in [0.4, 0.5) is 5.69 Å². The molecule has 20 heavy (non-hydrogen) atoms. The molecule has 7 heteroatoms. The first-order valence-corrected chi connectivity index (χ1v) is 7.64. The minimum atomic E-state index is -0.144. The number of ether oxygens (including phenoxy) is 1. The molecule has 0 fully saturated rings. The van der Waals surface area contributed by atoms with Gasteiger partial charge >= 0.3 is 0 Å². The second-order valence-corrected chi connectivity index (χ2v) is 5.14. The normalized spacial score (nSPS) is 11.1. The zero-order valence-corrected chi connectivity index (χ0v) is 13.9. The summed E-state index contributed by atoms with van der Waals surface area (Å²) in [5.41, 5.74) is 0.589. The smallest absolute Gasteiger partial charge is 0.283 e. The number of rotatable bonds is 9. The maximum Gasteiger partial charge on any atom is 0.283 e. The first-order valence-electron chi connectivity index (χ1n) is 6.84. The Balaban J connectivity index is 2.63. The Kier molecular flexibility index (Phi) is 7.79. The lowest BCUT2D eigenvalue weighted by molar-refractivity contribution is 0.181. The highest BCUT2D eigenvalue weighted by Gasteiger charge is 2.08. The number of hydrogen-bond donors (Lipinski definition) is 1. The van der Waals surface area contributed by atoms with Crippen LogP contribution in [-0.4, -0.2) is 54.6 Å². The van der Waals surface area contributed by atoms with E-state index in [1.165, 1.54) is 4.68 Å². The average molecular weight is 347 g/mol. The Hall–Kier alpha value is -0.920. The number of anilines is 1. The van der Waals surface area contributed by atoms with Crippen LogP contribution in [0.2, 0.25) is 0 Å². The van der Waals surface area contributed by atoms with E-state index >= 15 is 0 Å². The molecule has 0 spiro atoms. The maximum absolute atomic E-state index is 12.1. The van der Waals surface area contributed by atoms with Crippen LogP contribution >= 0.6 is 15.9 Å². The van der Waals surface area contributed by atoms with Crippen molar-refractivity contribution in [2.24, 2.45) is 0 Å². The molecule has 0 aliphatic carbocycles. The van der Waals surface area contributed by atoms with Crippen molar-refractivity contribution in [1.82, 2.24) is 14.7 Å². The molecule has 0 unspecified atom stereocenters. The molecular weight excluding hydrogens is 324 g/mol. The van der Waals surface area contributed by atoms with E-state index in [1.54, 1.807) is 13.3 Å². The Labute approximate surface area is 128 Å². The van der Waals surface area contributed by atoms with Crippen molar-refractivity contribution in [3.8, 4) is 0 Å². The van der Waals surface area contributed by atoms with Gasteiger partial charge in [0, 0.05) is 20.2 Å². The van der Waals surface area contributed by atoms with E-state index in [4.69, 9.17) is 4.74 Å². The molecule has 0 atom stereocenters. The Morgan fingerprint density at radius 3 is 2.75 bits per heavy atom. The number of nitrogens with zero attached hydrogens (tertiary/aromatic N) is 3. The predicted molar refractivity (Wildman–Crippen MR) is 84.4 cm³/mol. The lowest BCUT2D eigenvalue weighted by Crippen LogP contribution is -2.30. The summed E-state index contributed by atoms with van der Waals surface area (Å²) in [5, 5.41) is 7.37. The van der Waals surface area contributed by atoms with Gasteiger partial charge in [0.2, 0.25) is 0 Å². The number of hydrogen-bond acceptors (Lipinski definition) is 5. The van der Waals surface area contributed by atoms with Crippen LogP contribution in [0.3, 0.4) is 0 Å². The van der Waals surface area contributed by atoms with E-state index in [2.05, 4.69) is 45.1 Å². The van der Waals surface area contributed by atoms with Gasteiger partial charge in [-0.15, -0.1) is 0 Å². The van der Waals surface area contributed by atoms with Crippen LogP contribution < -0.4 is 10.9 Å². The summed E-state index contributed by atoms with van der Waals surface area (Å²) >= 11 is 3.33. The molecule has 0 aromatic carbocycles. The minimum absolute atomic E-state index is 0.144. The molecule has 0 amide bonds. The van der Waals surface area contributed by atoms with Crippen molar-refractivity contribution in [3.63, 3.8) is 0 Å². The first-order chi connectivity index (χ1) is 9.63. The van der Waals surface area contributed by atoms with Gasteiger partial charge < -0.3 is 15.0 Å². The first kappa shape index (κ1) is 17.1. The molecule has 1 N–H and O–H groups in total. The second kappa shape index (κ2) is 9.10. The topological polar surface area (TPSA) is 59.4 Å². The molecule has 0 saturated heterocycles. The van der Waals surface area contributed by atoms with Crippen molar-refractivity contribution in [1.29, 1.82) is 0 Å². The lowest BCUT2D eigenvalue weighted by atomic mass is 10.4. The third-order valence-corrected chi connectivity index (χ3v) is 3.90. The maximum atomic E-state index is 12.1. The van der Waals surface area contributed by atoms with Crippen LogP contribution in [0, 0.1) is 0 Å². The van der Waals surface area contributed by atoms with E-state index in [-0.39, 0.29) is 5.56 Å². The molecule has 1 heterocycles. The van der Waals surface area contributed by atoms with Crippen molar-refractivity contribution < 1.29 is 4.74 Å². The summed E-state index contributed by atoms with van der Waals surface area (Å²) < 4.78 is 6.86. The monoisotopic (exact) mass is 346 g/mol. The fourth-order valence-corrected chi connectivity index (χ4v) is 2.26. The number of likely N-dealkylation sites (N-methyl/N-ethyl adjacent to an activating group) is 1. The van der Waals surface area contributed by atoms with E-state index in [0.29, 0.717) is 17.6 Å². The summed E-state index contributed by atoms with van der Waals surface area (Å²) in [6.45, 7) is 8.96. The summed E-state index contributed by atoms with van der Waals surface area (Å²) in [4.78, 5) is 14.4. The van der Waals surface area contributed by atoms with Gasteiger partial charge in [0.15, 0.2) is 0 Å². The van der Waals surface area contributed by atoms with Gasteiger partial charge in [0.25, 0.3) is 5.56 Å². The molecule has 0 radical (unpaired) electrons. The predicted octanol–water partition coefficient (Wildman–Crippen LogP) is 1.41. The highest BCUT2D eigenvalue weighted by atomic mass is 79.9. The van der Waals surface area contributed by atoms with E-state index in [1.807, 2.05) is 0 Å². The van der Waals surface area contributed by atoms with Crippen molar-refractivity contribution >= 4 is 21.6 Å². The molecule has 0 bridgehead atoms. The van der Waals surface area contributed by atoms with Crippen LogP contribution in [0.5, 0.6) is 0 Å². The summed E-state index contributed by atoms with van der Waals surface area (Å²) in [6.07, 6.45) is 1.67. The van der Waals surface area contributed by atoms with E-state index < -0.39 is 0 Å². The fraction of sp³-hybridized carbons (Fsp3) is 0.692. The van der Waals surface area contributed by atoms with Crippen LogP contribution in [0.1, 0.15) is 13.8 Å². The zero-order valence-electron chi connectivity index (χ0n) is 12.4. The highest BCUT2D eigenvalue weighted by Crippen LogP contribution is 2.15. The minimum Gasteiger partial charge on any atom is -0.383 e. The summed E-state index contributed by atoms with van der Waals surface area (Å²) in [6, 6.07) is 0. The van der Waals surface area contributed by atoms with Crippen LogP contribution in [0.25, 0.3) is 0 Å². The van der Waals surface area contributed by atoms with Crippen molar-refractivity contribution in [2.45, 2.75) is 20.4 Å². The third kappa shape index (κ3) is 4.88. The SMILES string of the molecule is CCN(CC)CCNc1cnn(CCOC)c(=O)c1Br. The lowest BCUT2D eigenvalue weighted by Gasteiger charge is -2.18. The highest BCUT2D eigenvalue weighted by molar-refractivity contribution is 9.10. The quantitative estimate of drug-likeness (QED) is 0.732. The number of nitrogens with one attached hydrogen (secondary N) is 1. The fourth-order valence-electron chi connectivity index (χ4n) is 1.81. The van der Waals surface area contributed by atoms with E-state index in [0.717, 1.165) is 31.9 Å². The standard InChI is InChI=1S/C13H23BrN4O2/c1-4-17(5-2)7-6-15-11-10-16-18(8-9-20-3)13(19)12(11)14/h10,15H,4-9H2,1-3H3. The van der Waals surface area contributed by atoms with Crippen molar-refractivity contribution in [3.05, 3.63) is 21.0 Å². The molecule has 0 saturated carbocycles. The largest absolute Gasteiger partial charge is 0.383 e. The third-order valence-electron chi connectivity index (χ3n) is 3.13. The van der Waals surface area contributed by atoms with Gasteiger partial charge in [0.1, 0.15) is 4.47 Å². The Morgan fingerprint density at radius 2 is 2.15 bits per heavy atom. The number of methoxy groups -OCH3 is 1. The van der Waals surface area contributed by atoms with Gasteiger partial charge in [-0.05, 0) is 29.0 Å². The zero-order chi connectivity index (χ0) is 15.0. The van der Waals surface area contributed by atoms with Gasteiger partial charge in [-0.1, -0.05) is 13.8 Å². The number of halogens is 1. The average Bonchev–Trinajstić information content (AvgIpc) is 2.47. The molecule has 6 nitrogen and oxygen atoms in total. The number of aromatic nitrogens is 2. The molecular formula is C13H23BrN4O2.